The second-order valence-electron chi connectivity index (χ2n) is 8.57. The first-order valence-electron chi connectivity index (χ1n) is 12.1. The Balaban J connectivity index is 1.99. The first kappa shape index (κ1) is 24.3. The van der Waals surface area contributed by atoms with Crippen molar-refractivity contribution in [3.05, 3.63) is 40.8 Å². The molecule has 1 aromatic rings. The fourth-order valence-electron chi connectivity index (χ4n) is 4.12. The van der Waals surface area contributed by atoms with Crippen molar-refractivity contribution >= 4 is 0 Å². The quantitative estimate of drug-likeness (QED) is 0.239. The lowest BCUT2D eigenvalue weighted by Crippen LogP contribution is -2.00. The maximum absolute atomic E-state index is 2.34. The van der Waals surface area contributed by atoms with E-state index in [1.807, 2.05) is 0 Å². The lowest BCUT2D eigenvalue weighted by Gasteiger charge is -2.15. The molecule has 1 aromatic carbocycles. The molecule has 155 valence electrons. The molecule has 0 spiro atoms. The highest BCUT2D eigenvalue weighted by molar-refractivity contribution is 5.41. The lowest BCUT2D eigenvalue weighted by atomic mass is 9.90. The number of unbranched alkanes of at least 4 members (excludes halogenated alkanes) is 13. The molecule has 0 atom stereocenters. The summed E-state index contributed by atoms with van der Waals surface area (Å²) in [5.74, 6) is 1.52. The van der Waals surface area contributed by atoms with Crippen molar-refractivity contribution < 1.29 is 0 Å². The van der Waals surface area contributed by atoms with Crippen LogP contribution < -0.4 is 0 Å². The van der Waals surface area contributed by atoms with Crippen molar-refractivity contribution in [3.63, 3.8) is 0 Å². The molecular formula is C27H47. The summed E-state index contributed by atoms with van der Waals surface area (Å²) < 4.78 is 0. The van der Waals surface area contributed by atoms with Gasteiger partial charge >= 0.3 is 0 Å². The minimum absolute atomic E-state index is 1.16. The molecule has 0 bridgehead atoms. The van der Waals surface area contributed by atoms with Crippen molar-refractivity contribution in [3.8, 4) is 0 Å². The second kappa shape index (κ2) is 16.2. The minimum Gasteiger partial charge on any atom is -0.0654 e. The summed E-state index contributed by atoms with van der Waals surface area (Å²) in [5, 5.41) is 0. The fraction of sp³-hybridized carbons (Fsp3) is 0.741. The van der Waals surface area contributed by atoms with Gasteiger partial charge < -0.3 is 0 Å². The molecule has 0 aliphatic carbocycles. The Morgan fingerprint density at radius 2 is 1.15 bits per heavy atom. The summed E-state index contributed by atoms with van der Waals surface area (Å²) in [5.41, 5.74) is 4.58. The molecule has 0 unspecified atom stereocenters. The SMILES string of the molecule is CCCCCCCCCCCCCCCCc1cccc([C](C)CC)c1C. The predicted octanol–water partition coefficient (Wildman–Crippen LogP) is 9.37. The summed E-state index contributed by atoms with van der Waals surface area (Å²) in [7, 11) is 0. The molecule has 0 heterocycles. The standard InChI is InChI=1S/C27H47/c1-5-7-8-9-10-11-12-13-14-15-16-17-18-19-21-26-22-20-23-27(25(26)4)24(3)6-2/h20,22-23H,5-19,21H2,1-4H3. The third kappa shape index (κ3) is 11.0. The zero-order valence-corrected chi connectivity index (χ0v) is 19.0. The van der Waals surface area contributed by atoms with E-state index in [2.05, 4.69) is 45.9 Å². The van der Waals surface area contributed by atoms with Gasteiger partial charge in [-0.2, -0.15) is 0 Å². The van der Waals surface area contributed by atoms with Crippen LogP contribution in [0.1, 0.15) is 134 Å². The average Bonchev–Trinajstić information content (AvgIpc) is 2.68. The van der Waals surface area contributed by atoms with Gasteiger partial charge in [-0.1, -0.05) is 122 Å². The largest absolute Gasteiger partial charge is 0.0654 e. The van der Waals surface area contributed by atoms with E-state index < -0.39 is 0 Å². The number of hydrogen-bond acceptors (Lipinski definition) is 0. The summed E-state index contributed by atoms with van der Waals surface area (Å²) in [6.07, 6.45) is 22.5. The second-order valence-corrected chi connectivity index (χ2v) is 8.57. The van der Waals surface area contributed by atoms with Gasteiger partial charge in [0.05, 0.1) is 0 Å². The van der Waals surface area contributed by atoms with Crippen LogP contribution in [0.3, 0.4) is 0 Å². The van der Waals surface area contributed by atoms with Crippen LogP contribution in [0.4, 0.5) is 0 Å². The Kier molecular flexibility index (Phi) is 14.6. The van der Waals surface area contributed by atoms with E-state index in [-0.39, 0.29) is 0 Å². The van der Waals surface area contributed by atoms with Gasteiger partial charge in [-0.25, -0.2) is 0 Å². The van der Waals surface area contributed by atoms with Gasteiger partial charge in [0.2, 0.25) is 0 Å². The zero-order valence-electron chi connectivity index (χ0n) is 19.0. The zero-order chi connectivity index (χ0) is 19.7. The van der Waals surface area contributed by atoms with Crippen molar-refractivity contribution in [2.75, 3.05) is 0 Å². The Morgan fingerprint density at radius 1 is 0.667 bits per heavy atom. The van der Waals surface area contributed by atoms with Gasteiger partial charge in [0.1, 0.15) is 0 Å². The van der Waals surface area contributed by atoms with Gasteiger partial charge in [0.25, 0.3) is 0 Å². The third-order valence-corrected chi connectivity index (χ3v) is 6.24. The molecule has 0 aromatic heterocycles. The molecule has 0 aliphatic rings. The third-order valence-electron chi connectivity index (χ3n) is 6.24. The van der Waals surface area contributed by atoms with E-state index >= 15 is 0 Å². The molecule has 0 saturated carbocycles. The average molecular weight is 372 g/mol. The fourth-order valence-corrected chi connectivity index (χ4v) is 4.12. The monoisotopic (exact) mass is 371 g/mol. The maximum atomic E-state index is 2.34. The van der Waals surface area contributed by atoms with Crippen molar-refractivity contribution in [1.29, 1.82) is 0 Å². The van der Waals surface area contributed by atoms with Crippen LogP contribution in [0.2, 0.25) is 0 Å². The summed E-state index contributed by atoms with van der Waals surface area (Å²) in [6.45, 7) is 9.15. The van der Waals surface area contributed by atoms with Crippen molar-refractivity contribution in [1.82, 2.24) is 0 Å². The maximum Gasteiger partial charge on any atom is 0.00190 e. The first-order chi connectivity index (χ1) is 13.2. The van der Waals surface area contributed by atoms with Crippen LogP contribution >= 0.6 is 0 Å². The number of benzene rings is 1. The highest BCUT2D eigenvalue weighted by atomic mass is 14.1. The van der Waals surface area contributed by atoms with Crippen LogP contribution in [0.15, 0.2) is 18.2 Å². The molecular weight excluding hydrogens is 324 g/mol. The molecule has 0 saturated heterocycles. The summed E-state index contributed by atoms with van der Waals surface area (Å²) >= 11 is 0. The van der Waals surface area contributed by atoms with E-state index in [1.165, 1.54) is 113 Å². The number of aryl methyl sites for hydroxylation is 1. The van der Waals surface area contributed by atoms with Crippen LogP contribution in [0.25, 0.3) is 0 Å². The predicted molar refractivity (Wildman–Crippen MR) is 124 cm³/mol. The number of rotatable bonds is 17. The van der Waals surface area contributed by atoms with Gasteiger partial charge in [-0.05, 0) is 42.9 Å². The number of hydrogen-bond donors (Lipinski definition) is 0. The van der Waals surface area contributed by atoms with E-state index in [4.69, 9.17) is 0 Å². The smallest absolute Gasteiger partial charge is 0.00190 e. The summed E-state index contributed by atoms with van der Waals surface area (Å²) in [4.78, 5) is 0. The van der Waals surface area contributed by atoms with E-state index in [0.717, 1.165) is 6.42 Å². The Bertz CT molecular complexity index is 459. The van der Waals surface area contributed by atoms with Gasteiger partial charge in [-0.3, -0.25) is 0 Å². The van der Waals surface area contributed by atoms with E-state index in [9.17, 15) is 0 Å². The molecule has 1 radical (unpaired) electrons. The molecule has 0 aliphatic heterocycles. The normalized spacial score (nSPS) is 11.4. The Labute approximate surface area is 171 Å². The van der Waals surface area contributed by atoms with Crippen LogP contribution in [-0.4, -0.2) is 0 Å². The van der Waals surface area contributed by atoms with Crippen LogP contribution in [-0.2, 0) is 6.42 Å². The molecule has 0 N–H and O–H groups in total. The lowest BCUT2D eigenvalue weighted by molar-refractivity contribution is 0.535. The van der Waals surface area contributed by atoms with Crippen molar-refractivity contribution in [2.45, 2.75) is 130 Å². The minimum atomic E-state index is 1.16. The molecule has 0 amide bonds. The van der Waals surface area contributed by atoms with Crippen molar-refractivity contribution in [2.24, 2.45) is 0 Å². The van der Waals surface area contributed by atoms with E-state index in [1.54, 1.807) is 5.56 Å². The molecule has 27 heavy (non-hydrogen) atoms. The highest BCUT2D eigenvalue weighted by Gasteiger charge is 2.09. The molecule has 0 fully saturated rings. The molecule has 0 nitrogen and oxygen atoms in total. The topological polar surface area (TPSA) is 0 Å². The highest BCUT2D eigenvalue weighted by Crippen LogP contribution is 2.25. The Hall–Kier alpha value is -0.780. The van der Waals surface area contributed by atoms with Crippen LogP contribution in [0.5, 0.6) is 0 Å². The molecule has 1 rings (SSSR count). The summed E-state index contributed by atoms with van der Waals surface area (Å²) in [6, 6.07) is 6.88. The van der Waals surface area contributed by atoms with E-state index in [0.29, 0.717) is 0 Å². The van der Waals surface area contributed by atoms with Gasteiger partial charge in [0.15, 0.2) is 0 Å². The van der Waals surface area contributed by atoms with Gasteiger partial charge in [-0.15, -0.1) is 0 Å². The first-order valence-corrected chi connectivity index (χ1v) is 12.1. The molecule has 0 heteroatoms. The van der Waals surface area contributed by atoms with Crippen LogP contribution in [0, 0.1) is 12.8 Å². The van der Waals surface area contributed by atoms with Gasteiger partial charge in [0, 0.05) is 5.92 Å². The Morgan fingerprint density at radius 3 is 1.63 bits per heavy atom.